The van der Waals surface area contributed by atoms with E-state index in [2.05, 4.69) is 9.97 Å². The summed E-state index contributed by atoms with van der Waals surface area (Å²) in [6.45, 7) is 0. The van der Waals surface area contributed by atoms with Gasteiger partial charge in [0.15, 0.2) is 5.82 Å². The standard InChI is InChI=1S/C15H15ClN2O4/c1-20-11-8-12(21-2)18-14(17-11)13(15(19)22-3)9-5-4-6-10(16)7-9/h4-8,13H,1-3H3. The van der Waals surface area contributed by atoms with Crippen LogP contribution in [0, 0.1) is 0 Å². The smallest absolute Gasteiger partial charge is 0.320 e. The van der Waals surface area contributed by atoms with Crippen LogP contribution in [0.5, 0.6) is 11.8 Å². The number of aromatic nitrogens is 2. The monoisotopic (exact) mass is 322 g/mol. The van der Waals surface area contributed by atoms with Crippen LogP contribution < -0.4 is 9.47 Å². The fourth-order valence-corrected chi connectivity index (χ4v) is 2.15. The van der Waals surface area contributed by atoms with Gasteiger partial charge in [0.05, 0.1) is 27.4 Å². The third-order valence-corrected chi connectivity index (χ3v) is 3.23. The Balaban J connectivity index is 2.57. The topological polar surface area (TPSA) is 70.5 Å². The Labute approximate surface area is 133 Å². The number of carbonyl (C=O) groups is 1. The van der Waals surface area contributed by atoms with Crippen molar-refractivity contribution in [2.24, 2.45) is 0 Å². The van der Waals surface area contributed by atoms with Crippen LogP contribution in [-0.2, 0) is 9.53 Å². The second kappa shape index (κ2) is 7.09. The molecule has 22 heavy (non-hydrogen) atoms. The van der Waals surface area contributed by atoms with Gasteiger partial charge >= 0.3 is 5.97 Å². The summed E-state index contributed by atoms with van der Waals surface area (Å²) in [6, 6.07) is 8.40. The fourth-order valence-electron chi connectivity index (χ4n) is 1.95. The summed E-state index contributed by atoms with van der Waals surface area (Å²) in [5, 5.41) is 0.501. The number of ether oxygens (including phenoxy) is 3. The van der Waals surface area contributed by atoms with Crippen molar-refractivity contribution in [1.29, 1.82) is 0 Å². The Bertz CT molecular complexity index is 656. The quantitative estimate of drug-likeness (QED) is 0.787. The summed E-state index contributed by atoms with van der Waals surface area (Å²) in [6.07, 6.45) is 0. The highest BCUT2D eigenvalue weighted by atomic mass is 35.5. The number of nitrogens with zero attached hydrogens (tertiary/aromatic N) is 2. The van der Waals surface area contributed by atoms with Crippen LogP contribution in [0.15, 0.2) is 30.3 Å². The molecule has 0 bridgehead atoms. The predicted octanol–water partition coefficient (Wildman–Crippen LogP) is 2.45. The predicted molar refractivity (Wildman–Crippen MR) is 80.4 cm³/mol. The van der Waals surface area contributed by atoms with Gasteiger partial charge in [0.1, 0.15) is 5.92 Å². The maximum atomic E-state index is 12.2. The average molecular weight is 323 g/mol. The van der Waals surface area contributed by atoms with Crippen molar-refractivity contribution in [2.45, 2.75) is 5.92 Å². The number of halogens is 1. The van der Waals surface area contributed by atoms with Crippen molar-refractivity contribution in [3.8, 4) is 11.8 Å². The Kier molecular flexibility index (Phi) is 5.16. The van der Waals surface area contributed by atoms with Crippen LogP contribution in [0.4, 0.5) is 0 Å². The third-order valence-electron chi connectivity index (χ3n) is 2.99. The summed E-state index contributed by atoms with van der Waals surface area (Å²) in [5.41, 5.74) is 0.620. The number of hydrogen-bond acceptors (Lipinski definition) is 6. The third kappa shape index (κ3) is 3.46. The van der Waals surface area contributed by atoms with E-state index in [1.807, 2.05) is 0 Å². The van der Waals surface area contributed by atoms with Crippen LogP contribution >= 0.6 is 11.6 Å². The van der Waals surface area contributed by atoms with Gasteiger partial charge in [-0.2, -0.15) is 9.97 Å². The van der Waals surface area contributed by atoms with Gasteiger partial charge in [-0.1, -0.05) is 23.7 Å². The highest BCUT2D eigenvalue weighted by Crippen LogP contribution is 2.28. The molecule has 0 spiro atoms. The molecule has 0 saturated carbocycles. The molecule has 116 valence electrons. The van der Waals surface area contributed by atoms with Gasteiger partial charge in [-0.05, 0) is 17.7 Å². The lowest BCUT2D eigenvalue weighted by molar-refractivity contribution is -0.141. The minimum atomic E-state index is -0.826. The number of methoxy groups -OCH3 is 3. The van der Waals surface area contributed by atoms with Crippen LogP contribution in [0.25, 0.3) is 0 Å². The van der Waals surface area contributed by atoms with E-state index in [-0.39, 0.29) is 17.6 Å². The Morgan fingerprint density at radius 3 is 2.23 bits per heavy atom. The van der Waals surface area contributed by atoms with Crippen molar-refractivity contribution in [1.82, 2.24) is 9.97 Å². The first-order valence-electron chi connectivity index (χ1n) is 6.39. The first-order valence-corrected chi connectivity index (χ1v) is 6.77. The van der Waals surface area contributed by atoms with Gasteiger partial charge in [0.2, 0.25) is 11.8 Å². The zero-order valence-electron chi connectivity index (χ0n) is 12.4. The lowest BCUT2D eigenvalue weighted by Crippen LogP contribution is -2.19. The molecule has 1 unspecified atom stereocenters. The second-order valence-electron chi connectivity index (χ2n) is 4.32. The summed E-state index contributed by atoms with van der Waals surface area (Å²) in [5.74, 6) is -0.536. The van der Waals surface area contributed by atoms with E-state index in [1.165, 1.54) is 27.4 Å². The van der Waals surface area contributed by atoms with Gasteiger partial charge in [0.25, 0.3) is 0 Å². The van der Waals surface area contributed by atoms with E-state index >= 15 is 0 Å². The molecule has 0 fully saturated rings. The van der Waals surface area contributed by atoms with Crippen molar-refractivity contribution in [2.75, 3.05) is 21.3 Å². The molecule has 2 aromatic rings. The van der Waals surface area contributed by atoms with E-state index in [4.69, 9.17) is 25.8 Å². The maximum absolute atomic E-state index is 12.2. The second-order valence-corrected chi connectivity index (χ2v) is 4.76. The molecule has 2 rings (SSSR count). The molecule has 0 radical (unpaired) electrons. The highest BCUT2D eigenvalue weighted by molar-refractivity contribution is 6.30. The number of esters is 1. The molecule has 1 aromatic carbocycles. The number of carbonyl (C=O) groups excluding carboxylic acids is 1. The molecular weight excluding hydrogens is 308 g/mol. The van der Waals surface area contributed by atoms with E-state index in [9.17, 15) is 4.79 Å². The van der Waals surface area contributed by atoms with E-state index in [1.54, 1.807) is 24.3 Å². The van der Waals surface area contributed by atoms with Crippen LogP contribution in [0.2, 0.25) is 5.02 Å². The van der Waals surface area contributed by atoms with Crippen molar-refractivity contribution >= 4 is 17.6 Å². The summed E-state index contributed by atoms with van der Waals surface area (Å²) >= 11 is 6.00. The van der Waals surface area contributed by atoms with Crippen molar-refractivity contribution in [3.05, 3.63) is 46.7 Å². The first kappa shape index (κ1) is 16.0. The maximum Gasteiger partial charge on any atom is 0.320 e. The highest BCUT2D eigenvalue weighted by Gasteiger charge is 2.28. The number of hydrogen-bond donors (Lipinski definition) is 0. The van der Waals surface area contributed by atoms with Gasteiger partial charge in [-0.25, -0.2) is 0 Å². The minimum absolute atomic E-state index is 0.213. The van der Waals surface area contributed by atoms with Gasteiger partial charge in [-0.3, -0.25) is 4.79 Å². The Hall–Kier alpha value is -2.34. The number of rotatable bonds is 5. The molecule has 6 nitrogen and oxygen atoms in total. The molecule has 1 atom stereocenters. The normalized spacial score (nSPS) is 11.6. The largest absolute Gasteiger partial charge is 0.481 e. The molecule has 7 heteroatoms. The van der Waals surface area contributed by atoms with E-state index in [0.29, 0.717) is 10.6 Å². The van der Waals surface area contributed by atoms with Gasteiger partial charge in [0, 0.05) is 5.02 Å². The van der Waals surface area contributed by atoms with Crippen molar-refractivity contribution in [3.63, 3.8) is 0 Å². The fraction of sp³-hybridized carbons (Fsp3) is 0.267. The average Bonchev–Trinajstić information content (AvgIpc) is 2.54. The zero-order valence-corrected chi connectivity index (χ0v) is 13.1. The molecular formula is C15H15ClN2O4. The number of benzene rings is 1. The summed E-state index contributed by atoms with van der Waals surface area (Å²) in [4.78, 5) is 20.6. The van der Waals surface area contributed by atoms with Crippen molar-refractivity contribution < 1.29 is 19.0 Å². The molecule has 0 amide bonds. The molecule has 0 aliphatic carbocycles. The van der Waals surface area contributed by atoms with E-state index in [0.717, 1.165) is 0 Å². The van der Waals surface area contributed by atoms with Gasteiger partial charge < -0.3 is 14.2 Å². The lowest BCUT2D eigenvalue weighted by Gasteiger charge is -2.15. The molecule has 1 aromatic heterocycles. The Morgan fingerprint density at radius 1 is 1.09 bits per heavy atom. The molecule has 0 aliphatic rings. The molecule has 0 saturated heterocycles. The summed E-state index contributed by atoms with van der Waals surface area (Å²) in [7, 11) is 4.24. The SMILES string of the molecule is COC(=O)C(c1cccc(Cl)c1)c1nc(OC)cc(OC)n1. The first-order chi connectivity index (χ1) is 10.6. The lowest BCUT2D eigenvalue weighted by atomic mass is 9.98. The van der Waals surface area contributed by atoms with E-state index < -0.39 is 11.9 Å². The minimum Gasteiger partial charge on any atom is -0.481 e. The zero-order chi connectivity index (χ0) is 16.1. The molecule has 1 heterocycles. The molecule has 0 aliphatic heterocycles. The molecule has 0 N–H and O–H groups in total. The van der Waals surface area contributed by atoms with Crippen LogP contribution in [0.3, 0.4) is 0 Å². The Morgan fingerprint density at radius 2 is 1.73 bits per heavy atom. The van der Waals surface area contributed by atoms with Crippen LogP contribution in [-0.4, -0.2) is 37.3 Å². The van der Waals surface area contributed by atoms with Crippen LogP contribution in [0.1, 0.15) is 17.3 Å². The summed E-state index contributed by atoms with van der Waals surface area (Å²) < 4.78 is 15.1. The van der Waals surface area contributed by atoms with Gasteiger partial charge in [-0.15, -0.1) is 0 Å².